The predicted octanol–water partition coefficient (Wildman–Crippen LogP) is 5.01. The molecule has 94 valence electrons. The molecular weight excluding hydrogens is 382 g/mol. The van der Waals surface area contributed by atoms with Crippen LogP contribution in [-0.4, -0.2) is 9.97 Å². The van der Waals surface area contributed by atoms with Gasteiger partial charge in [0, 0.05) is 10.6 Å². The van der Waals surface area contributed by atoms with E-state index < -0.39 is 0 Å². The van der Waals surface area contributed by atoms with Crippen molar-refractivity contribution in [1.29, 1.82) is 0 Å². The summed E-state index contributed by atoms with van der Waals surface area (Å²) in [5, 5.41) is 1.17. The number of hydrogen-bond donors (Lipinski definition) is 0. The summed E-state index contributed by atoms with van der Waals surface area (Å²) in [5.74, 6) is 0.631. The van der Waals surface area contributed by atoms with Crippen LogP contribution in [-0.2, 0) is 6.42 Å². The molecule has 0 saturated carbocycles. The van der Waals surface area contributed by atoms with Crippen molar-refractivity contribution in [3.63, 3.8) is 0 Å². The Hall–Kier alpha value is -0.390. The molecule has 0 saturated heterocycles. The van der Waals surface area contributed by atoms with Crippen LogP contribution in [0.1, 0.15) is 19.0 Å². The summed E-state index contributed by atoms with van der Waals surface area (Å²) in [4.78, 5) is 8.89. The van der Waals surface area contributed by atoms with Gasteiger partial charge in [-0.1, -0.05) is 48.7 Å². The lowest BCUT2D eigenvalue weighted by Gasteiger charge is -2.07. The monoisotopic (exact) mass is 392 g/mol. The van der Waals surface area contributed by atoms with Gasteiger partial charge in [0.05, 0.1) is 9.26 Å². The van der Waals surface area contributed by atoms with Crippen LogP contribution in [0, 0.1) is 3.57 Å². The quantitative estimate of drug-likeness (QED) is 0.542. The van der Waals surface area contributed by atoms with Gasteiger partial charge in [0.1, 0.15) is 5.15 Å². The van der Waals surface area contributed by atoms with Crippen LogP contribution in [0.4, 0.5) is 0 Å². The van der Waals surface area contributed by atoms with Crippen molar-refractivity contribution < 1.29 is 0 Å². The second kappa shape index (κ2) is 6.17. The number of nitrogens with zero attached hydrogens (tertiary/aromatic N) is 2. The van der Waals surface area contributed by atoms with Crippen LogP contribution in [0.5, 0.6) is 0 Å². The minimum absolute atomic E-state index is 0.504. The third kappa shape index (κ3) is 3.13. The Bertz CT molecular complexity index is 573. The normalized spacial score (nSPS) is 10.7. The smallest absolute Gasteiger partial charge is 0.161 e. The summed E-state index contributed by atoms with van der Waals surface area (Å²) in [6, 6.07) is 7.48. The molecule has 2 rings (SSSR count). The van der Waals surface area contributed by atoms with Crippen molar-refractivity contribution in [3.05, 3.63) is 43.7 Å². The van der Waals surface area contributed by atoms with Gasteiger partial charge in [0.2, 0.25) is 0 Å². The molecule has 0 atom stereocenters. The van der Waals surface area contributed by atoms with E-state index in [2.05, 4.69) is 39.5 Å². The van der Waals surface area contributed by atoms with Crippen molar-refractivity contribution in [1.82, 2.24) is 9.97 Å². The van der Waals surface area contributed by atoms with E-state index >= 15 is 0 Å². The highest BCUT2D eigenvalue weighted by Gasteiger charge is 2.11. The largest absolute Gasteiger partial charge is 0.232 e. The summed E-state index contributed by atoms with van der Waals surface area (Å²) in [7, 11) is 0. The molecule has 1 aromatic heterocycles. The van der Waals surface area contributed by atoms with E-state index in [1.807, 2.05) is 24.3 Å². The van der Waals surface area contributed by atoms with Gasteiger partial charge in [-0.2, -0.15) is 0 Å². The number of halogens is 3. The number of aryl methyl sites for hydroxylation is 1. The molecule has 0 aliphatic carbocycles. The zero-order valence-electron chi connectivity index (χ0n) is 9.75. The summed E-state index contributed by atoms with van der Waals surface area (Å²) in [6.45, 7) is 2.12. The molecule has 1 aromatic carbocycles. The van der Waals surface area contributed by atoms with Crippen LogP contribution in [0.15, 0.2) is 24.3 Å². The number of benzene rings is 1. The maximum absolute atomic E-state index is 6.15. The minimum Gasteiger partial charge on any atom is -0.232 e. The number of rotatable bonds is 3. The van der Waals surface area contributed by atoms with Crippen molar-refractivity contribution in [3.8, 4) is 11.4 Å². The summed E-state index contributed by atoms with van der Waals surface area (Å²) >= 11 is 14.3. The van der Waals surface area contributed by atoms with Gasteiger partial charge < -0.3 is 0 Å². The Balaban J connectivity index is 2.51. The van der Waals surface area contributed by atoms with E-state index in [4.69, 9.17) is 23.2 Å². The van der Waals surface area contributed by atoms with E-state index in [1.165, 1.54) is 0 Å². The molecule has 0 spiro atoms. The fraction of sp³-hybridized carbons (Fsp3) is 0.231. The molecule has 0 unspecified atom stereocenters. The lowest BCUT2D eigenvalue weighted by Crippen LogP contribution is -2.00. The molecule has 0 bridgehead atoms. The Morgan fingerprint density at radius 1 is 1.22 bits per heavy atom. The SMILES string of the molecule is CCCc1nc(-c2cccc(Cl)c2)nc(Cl)c1I. The molecule has 0 fully saturated rings. The molecule has 1 heterocycles. The molecule has 0 aliphatic heterocycles. The third-order valence-electron chi connectivity index (χ3n) is 2.45. The van der Waals surface area contributed by atoms with Crippen molar-refractivity contribution in [2.24, 2.45) is 0 Å². The molecular formula is C13H11Cl2IN2. The molecule has 0 aliphatic rings. The maximum atomic E-state index is 6.15. The van der Waals surface area contributed by atoms with Crippen molar-refractivity contribution >= 4 is 45.8 Å². The lowest BCUT2D eigenvalue weighted by molar-refractivity contribution is 0.867. The van der Waals surface area contributed by atoms with Gasteiger partial charge >= 0.3 is 0 Å². The van der Waals surface area contributed by atoms with Gasteiger partial charge in [-0.25, -0.2) is 9.97 Å². The average molecular weight is 393 g/mol. The maximum Gasteiger partial charge on any atom is 0.161 e. The highest BCUT2D eigenvalue weighted by atomic mass is 127. The van der Waals surface area contributed by atoms with Gasteiger partial charge in [-0.15, -0.1) is 0 Å². The Kier molecular flexibility index (Phi) is 4.81. The fourth-order valence-electron chi connectivity index (χ4n) is 1.62. The Labute approximate surface area is 130 Å². The van der Waals surface area contributed by atoms with Crippen LogP contribution < -0.4 is 0 Å². The zero-order chi connectivity index (χ0) is 13.1. The summed E-state index contributed by atoms with van der Waals surface area (Å²) in [5.41, 5.74) is 1.88. The van der Waals surface area contributed by atoms with E-state index in [0.717, 1.165) is 27.7 Å². The molecule has 5 heteroatoms. The predicted molar refractivity (Wildman–Crippen MR) is 84.2 cm³/mol. The van der Waals surface area contributed by atoms with Crippen LogP contribution in [0.2, 0.25) is 10.2 Å². The highest BCUT2D eigenvalue weighted by Crippen LogP contribution is 2.26. The van der Waals surface area contributed by atoms with E-state index in [1.54, 1.807) is 0 Å². The first kappa shape index (κ1) is 14.0. The molecule has 18 heavy (non-hydrogen) atoms. The van der Waals surface area contributed by atoms with Gasteiger partial charge in [-0.3, -0.25) is 0 Å². The van der Waals surface area contributed by atoms with Gasteiger partial charge in [0.15, 0.2) is 5.82 Å². The third-order valence-corrected chi connectivity index (χ3v) is 4.41. The van der Waals surface area contributed by atoms with Crippen LogP contribution >= 0.6 is 45.8 Å². The van der Waals surface area contributed by atoms with Crippen LogP contribution in [0.3, 0.4) is 0 Å². The topological polar surface area (TPSA) is 25.8 Å². The lowest BCUT2D eigenvalue weighted by atomic mass is 10.2. The Morgan fingerprint density at radius 3 is 2.67 bits per heavy atom. The fourth-order valence-corrected chi connectivity index (χ4v) is 2.51. The molecule has 2 nitrogen and oxygen atoms in total. The van der Waals surface area contributed by atoms with E-state index in [-0.39, 0.29) is 0 Å². The number of hydrogen-bond acceptors (Lipinski definition) is 2. The van der Waals surface area contributed by atoms with Crippen LogP contribution in [0.25, 0.3) is 11.4 Å². The number of aromatic nitrogens is 2. The minimum atomic E-state index is 0.504. The van der Waals surface area contributed by atoms with Gasteiger partial charge in [-0.05, 0) is 41.1 Å². The standard InChI is InChI=1S/C13H11Cl2IN2/c1-2-4-10-11(16)12(15)18-13(17-10)8-5-3-6-9(14)7-8/h3,5-7H,2,4H2,1H3. The second-order valence-electron chi connectivity index (χ2n) is 3.86. The first-order valence-electron chi connectivity index (χ1n) is 5.59. The summed E-state index contributed by atoms with van der Waals surface area (Å²) in [6.07, 6.45) is 1.92. The average Bonchev–Trinajstić information content (AvgIpc) is 2.35. The van der Waals surface area contributed by atoms with Crippen molar-refractivity contribution in [2.75, 3.05) is 0 Å². The van der Waals surface area contributed by atoms with E-state index in [0.29, 0.717) is 16.0 Å². The van der Waals surface area contributed by atoms with Crippen molar-refractivity contribution in [2.45, 2.75) is 19.8 Å². The molecule has 0 amide bonds. The van der Waals surface area contributed by atoms with Gasteiger partial charge in [0.25, 0.3) is 0 Å². The molecule has 0 radical (unpaired) electrons. The summed E-state index contributed by atoms with van der Waals surface area (Å²) < 4.78 is 0.932. The molecule has 0 N–H and O–H groups in total. The first-order valence-corrected chi connectivity index (χ1v) is 7.43. The zero-order valence-corrected chi connectivity index (χ0v) is 13.4. The highest BCUT2D eigenvalue weighted by molar-refractivity contribution is 14.1. The molecule has 2 aromatic rings. The van der Waals surface area contributed by atoms with E-state index in [9.17, 15) is 0 Å². The Morgan fingerprint density at radius 2 is 2.00 bits per heavy atom. The first-order chi connectivity index (χ1) is 8.61. The second-order valence-corrected chi connectivity index (χ2v) is 5.73.